The fourth-order valence-corrected chi connectivity index (χ4v) is 2.05. The molecule has 6 nitrogen and oxygen atoms in total. The van der Waals surface area contributed by atoms with Gasteiger partial charge in [-0.25, -0.2) is 4.79 Å². The van der Waals surface area contributed by atoms with E-state index in [2.05, 4.69) is 10.5 Å². The monoisotopic (exact) mass is 324 g/mol. The predicted molar refractivity (Wildman–Crippen MR) is 83.5 cm³/mol. The molecule has 1 atom stereocenters. The number of carbonyl (C=O) groups is 1. The van der Waals surface area contributed by atoms with Crippen LogP contribution in [0.4, 0.5) is 5.82 Å². The Hall–Kier alpha value is -2.05. The summed E-state index contributed by atoms with van der Waals surface area (Å²) < 4.78 is 10.3. The Bertz CT molecular complexity index is 639. The van der Waals surface area contributed by atoms with E-state index in [0.29, 0.717) is 17.1 Å². The van der Waals surface area contributed by atoms with E-state index < -0.39 is 5.97 Å². The van der Waals surface area contributed by atoms with E-state index >= 15 is 0 Å². The number of aromatic carboxylic acids is 1. The average Bonchev–Trinajstić information content (AvgIpc) is 2.92. The van der Waals surface area contributed by atoms with Gasteiger partial charge in [0, 0.05) is 24.2 Å². The maximum Gasteiger partial charge on any atom is 0.343 e. The molecule has 0 saturated carbocycles. The van der Waals surface area contributed by atoms with Crippen molar-refractivity contribution in [2.24, 2.45) is 0 Å². The minimum atomic E-state index is -1.10. The molecule has 0 aliphatic heterocycles. The summed E-state index contributed by atoms with van der Waals surface area (Å²) in [5.74, 6) is -0.694. The normalized spacial score (nSPS) is 12.1. The van der Waals surface area contributed by atoms with Gasteiger partial charge in [0.05, 0.1) is 6.10 Å². The maximum atomic E-state index is 11.5. The van der Waals surface area contributed by atoms with Gasteiger partial charge in [-0.2, -0.15) is 0 Å². The Balaban J connectivity index is 2.22. The quantitative estimate of drug-likeness (QED) is 0.810. The molecule has 118 valence electrons. The molecule has 0 radical (unpaired) electrons. The standard InChI is InChI=1S/C15H17ClN2O4/c1-9(21-2)7-8-17-14-12(15(19)20)13(22-18-14)10-3-5-11(16)6-4-10/h3-6,9H,7-8H2,1-2H3,(H,17,18)(H,19,20). The highest BCUT2D eigenvalue weighted by Gasteiger charge is 2.23. The molecule has 0 amide bonds. The first-order valence-electron chi connectivity index (χ1n) is 6.78. The molecular formula is C15H17ClN2O4. The van der Waals surface area contributed by atoms with Crippen LogP contribution in [0.1, 0.15) is 23.7 Å². The molecule has 0 aliphatic carbocycles. The maximum absolute atomic E-state index is 11.5. The zero-order chi connectivity index (χ0) is 16.1. The van der Waals surface area contributed by atoms with Crippen molar-refractivity contribution in [1.82, 2.24) is 5.16 Å². The Labute approximate surface area is 133 Å². The van der Waals surface area contributed by atoms with Crippen molar-refractivity contribution in [1.29, 1.82) is 0 Å². The van der Waals surface area contributed by atoms with E-state index in [1.54, 1.807) is 31.4 Å². The van der Waals surface area contributed by atoms with Crippen LogP contribution in [0.3, 0.4) is 0 Å². The van der Waals surface area contributed by atoms with Gasteiger partial charge in [-0.1, -0.05) is 16.8 Å². The van der Waals surface area contributed by atoms with Crippen molar-refractivity contribution >= 4 is 23.4 Å². The first kappa shape index (κ1) is 16.3. The SMILES string of the molecule is COC(C)CCNc1noc(-c2ccc(Cl)cc2)c1C(=O)O. The van der Waals surface area contributed by atoms with Gasteiger partial charge in [0.25, 0.3) is 0 Å². The number of aromatic nitrogens is 1. The highest BCUT2D eigenvalue weighted by molar-refractivity contribution is 6.30. The third-order valence-electron chi connectivity index (χ3n) is 3.26. The van der Waals surface area contributed by atoms with Crippen LogP contribution >= 0.6 is 11.6 Å². The van der Waals surface area contributed by atoms with Crippen LogP contribution in [-0.4, -0.2) is 36.0 Å². The second-order valence-corrected chi connectivity index (χ2v) is 5.25. The zero-order valence-electron chi connectivity index (χ0n) is 12.3. The lowest BCUT2D eigenvalue weighted by molar-refractivity contribution is 0.0698. The lowest BCUT2D eigenvalue weighted by Gasteiger charge is -2.09. The number of halogens is 1. The van der Waals surface area contributed by atoms with Crippen LogP contribution in [0.5, 0.6) is 0 Å². The average molecular weight is 325 g/mol. The van der Waals surface area contributed by atoms with Crippen molar-refractivity contribution in [3.63, 3.8) is 0 Å². The van der Waals surface area contributed by atoms with Crippen LogP contribution in [0.25, 0.3) is 11.3 Å². The number of benzene rings is 1. The number of nitrogens with zero attached hydrogens (tertiary/aromatic N) is 1. The Morgan fingerprint density at radius 3 is 2.73 bits per heavy atom. The minimum Gasteiger partial charge on any atom is -0.477 e. The number of hydrogen-bond acceptors (Lipinski definition) is 5. The molecule has 0 aliphatic rings. The molecule has 7 heteroatoms. The lowest BCUT2D eigenvalue weighted by atomic mass is 10.1. The summed E-state index contributed by atoms with van der Waals surface area (Å²) in [7, 11) is 1.63. The van der Waals surface area contributed by atoms with Gasteiger partial charge in [-0.15, -0.1) is 0 Å². The molecule has 2 rings (SSSR count). The van der Waals surface area contributed by atoms with Crippen LogP contribution < -0.4 is 5.32 Å². The molecule has 1 aromatic heterocycles. The van der Waals surface area contributed by atoms with Crippen LogP contribution in [0.2, 0.25) is 5.02 Å². The highest BCUT2D eigenvalue weighted by Crippen LogP contribution is 2.30. The number of rotatable bonds is 7. The van der Waals surface area contributed by atoms with Crippen molar-refractivity contribution < 1.29 is 19.2 Å². The summed E-state index contributed by atoms with van der Waals surface area (Å²) in [6.45, 7) is 2.46. The number of ether oxygens (including phenoxy) is 1. The van der Waals surface area contributed by atoms with Crippen LogP contribution in [0, 0.1) is 0 Å². The summed E-state index contributed by atoms with van der Waals surface area (Å²) in [6, 6.07) is 6.70. The Morgan fingerprint density at radius 1 is 1.45 bits per heavy atom. The zero-order valence-corrected chi connectivity index (χ0v) is 13.1. The molecule has 1 unspecified atom stereocenters. The number of anilines is 1. The minimum absolute atomic E-state index is 0.00684. The number of hydrogen-bond donors (Lipinski definition) is 2. The van der Waals surface area contributed by atoms with Crippen molar-refractivity contribution in [3.8, 4) is 11.3 Å². The topological polar surface area (TPSA) is 84.6 Å². The highest BCUT2D eigenvalue weighted by atomic mass is 35.5. The van der Waals surface area contributed by atoms with E-state index in [-0.39, 0.29) is 23.2 Å². The smallest absolute Gasteiger partial charge is 0.343 e. The summed E-state index contributed by atoms with van der Waals surface area (Å²) >= 11 is 5.83. The van der Waals surface area contributed by atoms with Crippen molar-refractivity contribution in [3.05, 3.63) is 34.9 Å². The molecule has 1 heterocycles. The second-order valence-electron chi connectivity index (χ2n) is 4.81. The van der Waals surface area contributed by atoms with Gasteiger partial charge in [0.1, 0.15) is 0 Å². The molecule has 0 saturated heterocycles. The molecule has 2 N–H and O–H groups in total. The van der Waals surface area contributed by atoms with E-state index in [4.69, 9.17) is 20.9 Å². The summed E-state index contributed by atoms with van der Waals surface area (Å²) in [4.78, 5) is 11.5. The molecule has 0 fully saturated rings. The fraction of sp³-hybridized carbons (Fsp3) is 0.333. The third kappa shape index (κ3) is 3.78. The van der Waals surface area contributed by atoms with Crippen molar-refractivity contribution in [2.75, 3.05) is 19.0 Å². The molecular weight excluding hydrogens is 308 g/mol. The third-order valence-corrected chi connectivity index (χ3v) is 3.51. The number of nitrogens with one attached hydrogen (secondary N) is 1. The molecule has 1 aromatic carbocycles. The van der Waals surface area contributed by atoms with Gasteiger partial charge in [0.15, 0.2) is 17.1 Å². The molecule has 0 spiro atoms. The lowest BCUT2D eigenvalue weighted by Crippen LogP contribution is -2.14. The predicted octanol–water partition coefficient (Wildman–Crippen LogP) is 3.53. The van der Waals surface area contributed by atoms with E-state index in [0.717, 1.165) is 6.42 Å². The second kappa shape index (κ2) is 7.29. The van der Waals surface area contributed by atoms with E-state index in [9.17, 15) is 9.90 Å². The number of carboxylic acid groups (broad SMARTS) is 1. The van der Waals surface area contributed by atoms with Crippen LogP contribution in [0.15, 0.2) is 28.8 Å². The van der Waals surface area contributed by atoms with Crippen molar-refractivity contribution in [2.45, 2.75) is 19.4 Å². The molecule has 0 bridgehead atoms. The van der Waals surface area contributed by atoms with E-state index in [1.807, 2.05) is 6.92 Å². The first-order valence-corrected chi connectivity index (χ1v) is 7.16. The van der Waals surface area contributed by atoms with E-state index in [1.165, 1.54) is 0 Å². The van der Waals surface area contributed by atoms with Gasteiger partial charge >= 0.3 is 5.97 Å². The first-order chi connectivity index (χ1) is 10.5. The fourth-order valence-electron chi connectivity index (χ4n) is 1.92. The van der Waals surface area contributed by atoms with Gasteiger partial charge in [0.2, 0.25) is 0 Å². The number of methoxy groups -OCH3 is 1. The number of carboxylic acids is 1. The van der Waals surface area contributed by atoms with Crippen LogP contribution in [-0.2, 0) is 4.74 Å². The summed E-state index contributed by atoms with van der Waals surface area (Å²) in [5.41, 5.74) is 0.611. The Kier molecular flexibility index (Phi) is 5.41. The molecule has 2 aromatic rings. The summed E-state index contributed by atoms with van der Waals surface area (Å²) in [6.07, 6.45) is 0.794. The summed E-state index contributed by atoms with van der Waals surface area (Å²) in [5, 5.41) is 16.8. The van der Waals surface area contributed by atoms with Gasteiger partial charge in [-0.3, -0.25) is 0 Å². The van der Waals surface area contributed by atoms with Gasteiger partial charge < -0.3 is 19.7 Å². The Morgan fingerprint density at radius 2 is 2.14 bits per heavy atom. The molecule has 22 heavy (non-hydrogen) atoms. The van der Waals surface area contributed by atoms with Gasteiger partial charge in [-0.05, 0) is 37.6 Å². The largest absolute Gasteiger partial charge is 0.477 e.